The van der Waals surface area contributed by atoms with Gasteiger partial charge in [0.25, 0.3) is 0 Å². The highest BCUT2D eigenvalue weighted by molar-refractivity contribution is 5.87. The Hall–Kier alpha value is -2.41. The molecule has 24 heavy (non-hydrogen) atoms. The monoisotopic (exact) mass is 336 g/mol. The van der Waals surface area contributed by atoms with Gasteiger partial charge in [-0.05, 0) is 24.3 Å². The predicted molar refractivity (Wildman–Crippen MR) is 88.6 cm³/mol. The SMILES string of the molecule is CC(C)C[C@H](NC(=O)C(Cc1ccccc1)NCC(=O)O)C(=O)O. The van der Waals surface area contributed by atoms with Gasteiger partial charge in [0, 0.05) is 0 Å². The highest BCUT2D eigenvalue weighted by Gasteiger charge is 2.26. The number of benzene rings is 1. The molecule has 1 unspecified atom stereocenters. The van der Waals surface area contributed by atoms with Crippen LogP contribution >= 0.6 is 0 Å². The van der Waals surface area contributed by atoms with Crippen LogP contribution in [0.5, 0.6) is 0 Å². The summed E-state index contributed by atoms with van der Waals surface area (Å²) in [5.41, 5.74) is 0.853. The molecule has 1 rings (SSSR count). The van der Waals surface area contributed by atoms with E-state index >= 15 is 0 Å². The van der Waals surface area contributed by atoms with Crippen LogP contribution in [0, 0.1) is 5.92 Å². The van der Waals surface area contributed by atoms with Crippen molar-refractivity contribution < 1.29 is 24.6 Å². The number of hydrogen-bond donors (Lipinski definition) is 4. The third-order valence-electron chi connectivity index (χ3n) is 3.42. The number of nitrogens with one attached hydrogen (secondary N) is 2. The first-order valence-corrected chi connectivity index (χ1v) is 7.82. The molecular formula is C17H24N2O5. The van der Waals surface area contributed by atoms with Crippen molar-refractivity contribution in [1.29, 1.82) is 0 Å². The Kier molecular flexibility index (Phi) is 7.91. The molecule has 0 aliphatic heterocycles. The number of carbonyl (C=O) groups is 3. The molecule has 7 heteroatoms. The fourth-order valence-electron chi connectivity index (χ4n) is 2.28. The molecule has 1 amide bonds. The van der Waals surface area contributed by atoms with E-state index in [2.05, 4.69) is 10.6 Å². The second-order valence-electron chi connectivity index (χ2n) is 6.05. The number of carbonyl (C=O) groups excluding carboxylic acids is 1. The fourth-order valence-corrected chi connectivity index (χ4v) is 2.28. The predicted octanol–water partition coefficient (Wildman–Crippen LogP) is 0.887. The Bertz CT molecular complexity index is 559. The molecule has 2 atom stereocenters. The zero-order valence-electron chi connectivity index (χ0n) is 13.9. The summed E-state index contributed by atoms with van der Waals surface area (Å²) in [5, 5.41) is 23.2. The van der Waals surface area contributed by atoms with Crippen LogP contribution in [0.4, 0.5) is 0 Å². The molecular weight excluding hydrogens is 312 g/mol. The van der Waals surface area contributed by atoms with E-state index in [-0.39, 0.29) is 18.9 Å². The van der Waals surface area contributed by atoms with Crippen LogP contribution in [0.2, 0.25) is 0 Å². The third-order valence-corrected chi connectivity index (χ3v) is 3.42. The maximum absolute atomic E-state index is 12.4. The quantitative estimate of drug-likeness (QED) is 0.504. The van der Waals surface area contributed by atoms with Gasteiger partial charge in [-0.1, -0.05) is 44.2 Å². The minimum atomic E-state index is -1.10. The molecule has 0 aliphatic carbocycles. The van der Waals surface area contributed by atoms with Crippen LogP contribution in [-0.4, -0.2) is 46.7 Å². The van der Waals surface area contributed by atoms with E-state index in [1.54, 1.807) is 0 Å². The zero-order chi connectivity index (χ0) is 18.1. The van der Waals surface area contributed by atoms with E-state index in [4.69, 9.17) is 5.11 Å². The fraction of sp³-hybridized carbons (Fsp3) is 0.471. The van der Waals surface area contributed by atoms with Crippen LogP contribution in [0.3, 0.4) is 0 Å². The molecule has 0 bridgehead atoms. The Morgan fingerprint density at radius 2 is 1.67 bits per heavy atom. The largest absolute Gasteiger partial charge is 0.480 e. The van der Waals surface area contributed by atoms with Gasteiger partial charge in [0.1, 0.15) is 6.04 Å². The molecule has 0 saturated carbocycles. The van der Waals surface area contributed by atoms with Crippen molar-refractivity contribution in [3.63, 3.8) is 0 Å². The summed E-state index contributed by atoms with van der Waals surface area (Å²) >= 11 is 0. The smallest absolute Gasteiger partial charge is 0.326 e. The van der Waals surface area contributed by atoms with Gasteiger partial charge >= 0.3 is 11.9 Å². The van der Waals surface area contributed by atoms with Crippen molar-refractivity contribution in [2.45, 2.75) is 38.8 Å². The van der Waals surface area contributed by atoms with Gasteiger partial charge in [0.2, 0.25) is 5.91 Å². The Morgan fingerprint density at radius 1 is 1.04 bits per heavy atom. The molecule has 0 heterocycles. The van der Waals surface area contributed by atoms with Gasteiger partial charge in [-0.25, -0.2) is 4.79 Å². The van der Waals surface area contributed by atoms with Crippen LogP contribution in [0.25, 0.3) is 0 Å². The first-order valence-electron chi connectivity index (χ1n) is 7.82. The Morgan fingerprint density at radius 3 is 2.17 bits per heavy atom. The molecule has 0 fully saturated rings. The average Bonchev–Trinajstić information content (AvgIpc) is 2.50. The molecule has 4 N–H and O–H groups in total. The molecule has 1 aromatic rings. The summed E-state index contributed by atoms with van der Waals surface area (Å²) in [4.78, 5) is 34.5. The highest BCUT2D eigenvalue weighted by Crippen LogP contribution is 2.07. The molecule has 0 spiro atoms. The van der Waals surface area contributed by atoms with Crippen LogP contribution in [0.1, 0.15) is 25.8 Å². The van der Waals surface area contributed by atoms with E-state index in [0.717, 1.165) is 5.56 Å². The molecule has 132 valence electrons. The van der Waals surface area contributed by atoms with Crippen molar-refractivity contribution in [1.82, 2.24) is 10.6 Å². The van der Waals surface area contributed by atoms with E-state index < -0.39 is 29.9 Å². The Balaban J connectivity index is 2.81. The van der Waals surface area contributed by atoms with Crippen molar-refractivity contribution in [3.05, 3.63) is 35.9 Å². The summed E-state index contributed by atoms with van der Waals surface area (Å²) in [7, 11) is 0. The average molecular weight is 336 g/mol. The second-order valence-corrected chi connectivity index (χ2v) is 6.05. The lowest BCUT2D eigenvalue weighted by Gasteiger charge is -2.22. The maximum atomic E-state index is 12.4. The Labute approximate surface area is 141 Å². The van der Waals surface area contributed by atoms with E-state index in [1.807, 2.05) is 44.2 Å². The lowest BCUT2D eigenvalue weighted by Crippen LogP contribution is -2.52. The summed E-state index contributed by atoms with van der Waals surface area (Å²) in [6.07, 6.45) is 0.575. The van der Waals surface area contributed by atoms with Crippen molar-refractivity contribution >= 4 is 17.8 Å². The van der Waals surface area contributed by atoms with E-state index in [1.165, 1.54) is 0 Å². The van der Waals surface area contributed by atoms with Crippen molar-refractivity contribution in [2.24, 2.45) is 5.92 Å². The second kappa shape index (κ2) is 9.67. The van der Waals surface area contributed by atoms with Gasteiger partial charge in [0.15, 0.2) is 0 Å². The first kappa shape index (κ1) is 19.6. The van der Waals surface area contributed by atoms with Crippen molar-refractivity contribution in [3.8, 4) is 0 Å². The van der Waals surface area contributed by atoms with Gasteiger partial charge in [-0.15, -0.1) is 0 Å². The van der Waals surface area contributed by atoms with Crippen LogP contribution in [-0.2, 0) is 20.8 Å². The van der Waals surface area contributed by atoms with Gasteiger partial charge in [-0.2, -0.15) is 0 Å². The van der Waals surface area contributed by atoms with E-state index in [9.17, 15) is 19.5 Å². The van der Waals surface area contributed by atoms with E-state index in [0.29, 0.717) is 6.42 Å². The minimum absolute atomic E-state index is 0.103. The minimum Gasteiger partial charge on any atom is -0.480 e. The number of carboxylic acid groups (broad SMARTS) is 2. The molecule has 7 nitrogen and oxygen atoms in total. The lowest BCUT2D eigenvalue weighted by molar-refractivity contribution is -0.143. The first-order chi connectivity index (χ1) is 11.3. The van der Waals surface area contributed by atoms with Crippen LogP contribution in [0.15, 0.2) is 30.3 Å². The van der Waals surface area contributed by atoms with Crippen molar-refractivity contribution in [2.75, 3.05) is 6.54 Å². The lowest BCUT2D eigenvalue weighted by atomic mass is 10.0. The summed E-state index contributed by atoms with van der Waals surface area (Å²) < 4.78 is 0. The maximum Gasteiger partial charge on any atom is 0.326 e. The van der Waals surface area contributed by atoms with Gasteiger partial charge < -0.3 is 15.5 Å². The molecule has 0 aliphatic rings. The van der Waals surface area contributed by atoms with Crippen LogP contribution < -0.4 is 10.6 Å². The molecule has 1 aromatic carbocycles. The summed E-state index contributed by atoms with van der Waals surface area (Å²) in [5.74, 6) is -2.61. The topological polar surface area (TPSA) is 116 Å². The number of rotatable bonds is 10. The third kappa shape index (κ3) is 7.23. The highest BCUT2D eigenvalue weighted by atomic mass is 16.4. The zero-order valence-corrected chi connectivity index (χ0v) is 13.9. The number of amides is 1. The normalized spacial score (nSPS) is 13.3. The van der Waals surface area contributed by atoms with Gasteiger partial charge in [-0.3, -0.25) is 14.9 Å². The molecule has 0 aromatic heterocycles. The number of hydrogen-bond acceptors (Lipinski definition) is 4. The number of aliphatic carboxylic acids is 2. The summed E-state index contributed by atoms with van der Waals surface area (Å²) in [6.45, 7) is 3.35. The standard InChI is InChI=1S/C17H24N2O5/c1-11(2)8-14(17(23)24)19-16(22)13(18-10-15(20)21)9-12-6-4-3-5-7-12/h3-7,11,13-14,18H,8-10H2,1-2H3,(H,19,22)(H,20,21)(H,23,24)/t13?,14-/m0/s1. The molecule has 0 radical (unpaired) electrons. The number of carboxylic acids is 2. The van der Waals surface area contributed by atoms with Gasteiger partial charge in [0.05, 0.1) is 12.6 Å². The molecule has 0 saturated heterocycles. The summed E-state index contributed by atoms with van der Waals surface area (Å²) in [6, 6.07) is 7.31.